The van der Waals surface area contributed by atoms with Crippen LogP contribution in [-0.2, 0) is 29.6 Å². The number of hydrogen-bond acceptors (Lipinski definition) is 5. The SMILES string of the molecule is Cn1c(CNC(=O)C2(c3ccccc3F)CCCC2)nnc1SCc1cccnc1. The van der Waals surface area contributed by atoms with Crippen molar-refractivity contribution in [2.24, 2.45) is 7.05 Å². The Bertz CT molecular complexity index is 1020. The van der Waals surface area contributed by atoms with Crippen LogP contribution in [0.5, 0.6) is 0 Å². The molecule has 1 aliphatic carbocycles. The molecule has 0 spiro atoms. The molecule has 0 aliphatic heterocycles. The molecule has 1 fully saturated rings. The lowest BCUT2D eigenvalue weighted by molar-refractivity contribution is -0.127. The van der Waals surface area contributed by atoms with Gasteiger partial charge in [-0.05, 0) is 30.5 Å². The standard InChI is InChI=1S/C22H24FN5OS/c1-28-19(26-27-21(28)30-15-16-7-6-12-24-13-16)14-25-20(29)22(10-4-5-11-22)17-8-2-3-9-18(17)23/h2-3,6-9,12-13H,4-5,10-11,14-15H2,1H3,(H,25,29). The fourth-order valence-electron chi connectivity index (χ4n) is 4.03. The van der Waals surface area contributed by atoms with E-state index in [0.29, 0.717) is 24.2 Å². The Hall–Kier alpha value is -2.74. The Morgan fingerprint density at radius 1 is 1.20 bits per heavy atom. The molecule has 1 aliphatic rings. The number of nitrogens with zero attached hydrogens (tertiary/aromatic N) is 4. The summed E-state index contributed by atoms with van der Waals surface area (Å²) in [4.78, 5) is 17.3. The number of aromatic nitrogens is 4. The molecule has 6 nitrogen and oxygen atoms in total. The molecule has 0 unspecified atom stereocenters. The highest BCUT2D eigenvalue weighted by atomic mass is 32.2. The maximum absolute atomic E-state index is 14.5. The van der Waals surface area contributed by atoms with Gasteiger partial charge in [0.05, 0.1) is 12.0 Å². The van der Waals surface area contributed by atoms with Crippen LogP contribution in [0.4, 0.5) is 4.39 Å². The van der Waals surface area contributed by atoms with Gasteiger partial charge >= 0.3 is 0 Å². The third kappa shape index (κ3) is 4.09. The van der Waals surface area contributed by atoms with Gasteiger partial charge in [-0.1, -0.05) is 48.9 Å². The van der Waals surface area contributed by atoms with Gasteiger partial charge in [0.15, 0.2) is 11.0 Å². The van der Waals surface area contributed by atoms with Crippen molar-refractivity contribution in [2.45, 2.75) is 48.6 Å². The first-order valence-corrected chi connectivity index (χ1v) is 11.0. The second-order valence-electron chi connectivity index (χ2n) is 7.56. The summed E-state index contributed by atoms with van der Waals surface area (Å²) >= 11 is 1.57. The van der Waals surface area contributed by atoms with Crippen molar-refractivity contribution in [3.8, 4) is 0 Å². The molecule has 1 amide bonds. The van der Waals surface area contributed by atoms with Gasteiger partial charge < -0.3 is 9.88 Å². The monoisotopic (exact) mass is 425 g/mol. The second kappa shape index (κ2) is 8.95. The maximum atomic E-state index is 14.5. The minimum Gasteiger partial charge on any atom is -0.348 e. The molecule has 30 heavy (non-hydrogen) atoms. The van der Waals surface area contributed by atoms with Crippen LogP contribution in [0.15, 0.2) is 53.9 Å². The average Bonchev–Trinajstić information content (AvgIpc) is 3.40. The third-order valence-electron chi connectivity index (χ3n) is 5.70. The second-order valence-corrected chi connectivity index (χ2v) is 8.50. The first kappa shape index (κ1) is 20.5. The van der Waals surface area contributed by atoms with Gasteiger partial charge in [-0.25, -0.2) is 4.39 Å². The van der Waals surface area contributed by atoms with Crippen molar-refractivity contribution in [1.29, 1.82) is 0 Å². The molecule has 156 valence electrons. The molecule has 1 saturated carbocycles. The number of amides is 1. The van der Waals surface area contributed by atoms with Crippen molar-refractivity contribution in [2.75, 3.05) is 0 Å². The minimum atomic E-state index is -0.804. The maximum Gasteiger partial charge on any atom is 0.231 e. The van der Waals surface area contributed by atoms with Crippen molar-refractivity contribution < 1.29 is 9.18 Å². The molecule has 1 N–H and O–H groups in total. The molecular formula is C22H24FN5OS. The van der Waals surface area contributed by atoms with E-state index in [2.05, 4.69) is 20.5 Å². The number of nitrogens with one attached hydrogen (secondary N) is 1. The van der Waals surface area contributed by atoms with E-state index in [1.54, 1.807) is 36.2 Å². The molecule has 2 aromatic heterocycles. The largest absolute Gasteiger partial charge is 0.348 e. The van der Waals surface area contributed by atoms with Gasteiger partial charge in [-0.15, -0.1) is 10.2 Å². The van der Waals surface area contributed by atoms with E-state index in [4.69, 9.17) is 0 Å². The summed E-state index contributed by atoms with van der Waals surface area (Å²) in [6, 6.07) is 10.5. The number of thioether (sulfide) groups is 1. The predicted octanol–water partition coefficient (Wildman–Crippen LogP) is 3.77. The molecule has 2 heterocycles. The highest BCUT2D eigenvalue weighted by molar-refractivity contribution is 7.98. The first-order valence-electron chi connectivity index (χ1n) is 10.0. The molecular weight excluding hydrogens is 401 g/mol. The van der Waals surface area contributed by atoms with Crippen LogP contribution in [0.2, 0.25) is 0 Å². The number of pyridine rings is 1. The zero-order valence-electron chi connectivity index (χ0n) is 16.8. The number of halogens is 1. The highest BCUT2D eigenvalue weighted by Crippen LogP contribution is 2.42. The Morgan fingerprint density at radius 2 is 2.00 bits per heavy atom. The lowest BCUT2D eigenvalue weighted by atomic mass is 9.77. The number of rotatable bonds is 7. The summed E-state index contributed by atoms with van der Waals surface area (Å²) in [5.41, 5.74) is 0.793. The molecule has 0 bridgehead atoms. The Kier molecular flexibility index (Phi) is 6.13. The molecule has 0 atom stereocenters. The van der Waals surface area contributed by atoms with E-state index in [1.165, 1.54) is 6.07 Å². The van der Waals surface area contributed by atoms with E-state index < -0.39 is 5.41 Å². The topological polar surface area (TPSA) is 72.7 Å². The first-order chi connectivity index (χ1) is 14.6. The molecule has 0 saturated heterocycles. The summed E-state index contributed by atoms with van der Waals surface area (Å²) in [7, 11) is 1.88. The number of carbonyl (C=O) groups excluding carboxylic acids is 1. The zero-order valence-corrected chi connectivity index (χ0v) is 17.7. The lowest BCUT2D eigenvalue weighted by Gasteiger charge is -2.28. The Labute approximate surface area is 179 Å². The fraction of sp³-hybridized carbons (Fsp3) is 0.364. The van der Waals surface area contributed by atoms with Gasteiger partial charge in [-0.3, -0.25) is 9.78 Å². The van der Waals surface area contributed by atoms with Crippen LogP contribution in [0.25, 0.3) is 0 Å². The lowest BCUT2D eigenvalue weighted by Crippen LogP contribution is -2.43. The zero-order chi connectivity index (χ0) is 21.0. The van der Waals surface area contributed by atoms with Crippen LogP contribution in [-0.4, -0.2) is 25.7 Å². The molecule has 4 rings (SSSR count). The van der Waals surface area contributed by atoms with E-state index in [-0.39, 0.29) is 18.3 Å². The van der Waals surface area contributed by atoms with E-state index >= 15 is 0 Å². The average molecular weight is 426 g/mol. The quantitative estimate of drug-likeness (QED) is 0.584. The Morgan fingerprint density at radius 3 is 2.73 bits per heavy atom. The Balaban J connectivity index is 1.43. The van der Waals surface area contributed by atoms with Gasteiger partial charge in [0.1, 0.15) is 5.82 Å². The molecule has 8 heteroatoms. The number of hydrogen-bond donors (Lipinski definition) is 1. The number of benzene rings is 1. The van der Waals surface area contributed by atoms with E-state index in [9.17, 15) is 9.18 Å². The van der Waals surface area contributed by atoms with Gasteiger partial charge in [0.25, 0.3) is 0 Å². The van der Waals surface area contributed by atoms with E-state index in [0.717, 1.165) is 29.3 Å². The van der Waals surface area contributed by atoms with Gasteiger partial charge in [0, 0.05) is 30.8 Å². The normalized spacial score (nSPS) is 15.3. The third-order valence-corrected chi connectivity index (χ3v) is 6.80. The molecule has 3 aromatic rings. The van der Waals surface area contributed by atoms with Crippen LogP contribution in [0.1, 0.15) is 42.6 Å². The van der Waals surface area contributed by atoms with E-state index in [1.807, 2.05) is 29.9 Å². The summed E-state index contributed by atoms with van der Waals surface area (Å²) < 4.78 is 16.4. The summed E-state index contributed by atoms with van der Waals surface area (Å²) in [5, 5.41) is 12.2. The van der Waals surface area contributed by atoms with Crippen molar-refractivity contribution in [3.63, 3.8) is 0 Å². The highest BCUT2D eigenvalue weighted by Gasteiger charge is 2.44. The summed E-state index contributed by atoms with van der Waals surface area (Å²) in [6.45, 7) is 0.256. The smallest absolute Gasteiger partial charge is 0.231 e. The minimum absolute atomic E-state index is 0.141. The summed E-state index contributed by atoms with van der Waals surface area (Å²) in [6.07, 6.45) is 6.72. The summed E-state index contributed by atoms with van der Waals surface area (Å²) in [5.74, 6) is 0.946. The fourth-order valence-corrected chi connectivity index (χ4v) is 4.90. The van der Waals surface area contributed by atoms with Crippen LogP contribution >= 0.6 is 11.8 Å². The number of carbonyl (C=O) groups is 1. The van der Waals surface area contributed by atoms with Crippen LogP contribution < -0.4 is 5.32 Å². The van der Waals surface area contributed by atoms with Crippen molar-refractivity contribution in [3.05, 3.63) is 71.6 Å². The predicted molar refractivity (Wildman–Crippen MR) is 113 cm³/mol. The van der Waals surface area contributed by atoms with Crippen LogP contribution in [0, 0.1) is 5.82 Å². The molecule has 1 aromatic carbocycles. The van der Waals surface area contributed by atoms with Gasteiger partial charge in [-0.2, -0.15) is 0 Å². The van der Waals surface area contributed by atoms with Crippen LogP contribution in [0.3, 0.4) is 0 Å². The van der Waals surface area contributed by atoms with Gasteiger partial charge in [0.2, 0.25) is 5.91 Å². The van der Waals surface area contributed by atoms with Crippen molar-refractivity contribution >= 4 is 17.7 Å². The molecule has 0 radical (unpaired) electrons. The van der Waals surface area contributed by atoms with Crippen molar-refractivity contribution in [1.82, 2.24) is 25.1 Å².